The summed E-state index contributed by atoms with van der Waals surface area (Å²) in [7, 11) is 0. The predicted octanol–water partition coefficient (Wildman–Crippen LogP) is 1.50. The molecule has 0 unspecified atom stereocenters. The largest absolute Gasteiger partial charge is 0.463 e. The van der Waals surface area contributed by atoms with Gasteiger partial charge in [0.25, 0.3) is 0 Å². The molecule has 3 heteroatoms. The Kier molecular flexibility index (Phi) is 5.96. The summed E-state index contributed by atoms with van der Waals surface area (Å²) in [6, 6.07) is 0. The second-order valence-electron chi connectivity index (χ2n) is 2.87. The van der Waals surface area contributed by atoms with Crippen LogP contribution in [0.3, 0.4) is 0 Å². The van der Waals surface area contributed by atoms with Crippen molar-refractivity contribution in [2.24, 2.45) is 0 Å². The third-order valence-electron chi connectivity index (χ3n) is 1.88. The van der Waals surface area contributed by atoms with Crippen molar-refractivity contribution in [1.82, 2.24) is 0 Å². The first kappa shape index (κ1) is 11.2. The topological polar surface area (TPSA) is 26.3 Å². The van der Waals surface area contributed by atoms with Crippen LogP contribution < -0.4 is 0 Å². The Labute approximate surface area is 83.8 Å². The molecule has 0 atom stereocenters. The van der Waals surface area contributed by atoms with E-state index in [1.165, 1.54) is 26.2 Å². The lowest BCUT2D eigenvalue weighted by molar-refractivity contribution is -0.147. The summed E-state index contributed by atoms with van der Waals surface area (Å²) in [5, 5.41) is 0. The minimum Gasteiger partial charge on any atom is -0.463 e. The third kappa shape index (κ3) is 4.64. The van der Waals surface area contributed by atoms with E-state index in [4.69, 9.17) is 4.74 Å². The van der Waals surface area contributed by atoms with Crippen LogP contribution in [0.5, 0.6) is 0 Å². The summed E-state index contributed by atoms with van der Waals surface area (Å²) >= 11 is 0. The molecular weight excluding hydrogens is 152 g/mol. The predicted molar refractivity (Wildman–Crippen MR) is 44.4 cm³/mol. The van der Waals surface area contributed by atoms with Crippen molar-refractivity contribution in [3.8, 4) is 0 Å². The first-order valence-corrected chi connectivity index (χ1v) is 3.96. The van der Waals surface area contributed by atoms with Gasteiger partial charge in [0.2, 0.25) is 0 Å². The van der Waals surface area contributed by atoms with Crippen molar-refractivity contribution in [1.29, 1.82) is 0 Å². The second kappa shape index (κ2) is 5.83. The molecule has 1 aliphatic rings. The molecule has 0 aromatic carbocycles. The van der Waals surface area contributed by atoms with E-state index in [2.05, 4.69) is 0 Å². The molecular formula is C8H14MgO2. The van der Waals surface area contributed by atoms with Crippen LogP contribution in [0.1, 0.15) is 39.0 Å². The van der Waals surface area contributed by atoms with Gasteiger partial charge >= 0.3 is 5.97 Å². The lowest BCUT2D eigenvalue weighted by Gasteiger charge is -2.20. The lowest BCUT2D eigenvalue weighted by atomic mass is 9.98. The maximum atomic E-state index is 10.5. The van der Waals surface area contributed by atoms with Crippen molar-refractivity contribution in [3.63, 3.8) is 0 Å². The Morgan fingerprint density at radius 1 is 1.27 bits per heavy atom. The molecule has 1 fully saturated rings. The molecule has 11 heavy (non-hydrogen) atoms. The van der Waals surface area contributed by atoms with Gasteiger partial charge < -0.3 is 4.74 Å². The van der Waals surface area contributed by atoms with Crippen molar-refractivity contribution in [3.05, 3.63) is 0 Å². The van der Waals surface area contributed by atoms with E-state index in [9.17, 15) is 4.79 Å². The van der Waals surface area contributed by atoms with Crippen LogP contribution >= 0.6 is 0 Å². The van der Waals surface area contributed by atoms with Gasteiger partial charge in [-0.05, 0) is 25.7 Å². The highest BCUT2D eigenvalue weighted by Crippen LogP contribution is 2.19. The molecule has 1 rings (SSSR count). The highest BCUT2D eigenvalue weighted by molar-refractivity contribution is 5.75. The first-order valence-electron chi connectivity index (χ1n) is 3.96. The zero-order chi connectivity index (χ0) is 7.40. The molecule has 2 radical (unpaired) electrons. The van der Waals surface area contributed by atoms with Gasteiger partial charge in [-0.15, -0.1) is 0 Å². The fourth-order valence-corrected chi connectivity index (χ4v) is 1.42. The summed E-state index contributed by atoms with van der Waals surface area (Å²) in [6.07, 6.45) is 6.11. The van der Waals surface area contributed by atoms with E-state index in [0.29, 0.717) is 0 Å². The van der Waals surface area contributed by atoms with Crippen LogP contribution in [-0.2, 0) is 9.53 Å². The second-order valence-corrected chi connectivity index (χ2v) is 2.87. The van der Waals surface area contributed by atoms with Crippen molar-refractivity contribution < 1.29 is 9.53 Å². The molecule has 0 aromatic rings. The standard InChI is InChI=1S/C8H14O2.Mg/c1-7(9)10-8-5-3-2-4-6-8;/h8H,2-6H2,1H3;. The van der Waals surface area contributed by atoms with Gasteiger partial charge in [0.1, 0.15) is 6.10 Å². The molecule has 1 saturated carbocycles. The molecule has 0 amide bonds. The summed E-state index contributed by atoms with van der Waals surface area (Å²) in [6.45, 7) is 1.48. The van der Waals surface area contributed by atoms with E-state index in [1.807, 2.05) is 0 Å². The van der Waals surface area contributed by atoms with E-state index in [-0.39, 0.29) is 35.1 Å². The molecule has 0 heterocycles. The van der Waals surface area contributed by atoms with Gasteiger partial charge in [0, 0.05) is 30.0 Å². The Morgan fingerprint density at radius 2 is 1.82 bits per heavy atom. The Morgan fingerprint density at radius 3 is 2.27 bits per heavy atom. The minimum atomic E-state index is -0.132. The van der Waals surface area contributed by atoms with Crippen LogP contribution in [0.25, 0.3) is 0 Å². The van der Waals surface area contributed by atoms with Crippen molar-refractivity contribution in [2.75, 3.05) is 0 Å². The normalized spacial score (nSPS) is 18.6. The summed E-state index contributed by atoms with van der Waals surface area (Å²) < 4.78 is 5.05. The van der Waals surface area contributed by atoms with Crippen LogP contribution in [0.4, 0.5) is 0 Å². The van der Waals surface area contributed by atoms with Crippen molar-refractivity contribution in [2.45, 2.75) is 45.1 Å². The number of hydrogen-bond acceptors (Lipinski definition) is 2. The van der Waals surface area contributed by atoms with E-state index in [0.717, 1.165) is 12.8 Å². The average molecular weight is 167 g/mol. The number of carbonyl (C=O) groups excluding carboxylic acids is 1. The highest BCUT2D eigenvalue weighted by atomic mass is 24.3. The molecule has 0 aliphatic heterocycles. The summed E-state index contributed by atoms with van der Waals surface area (Å²) in [5.41, 5.74) is 0. The van der Waals surface area contributed by atoms with Crippen LogP contribution in [0.2, 0.25) is 0 Å². The highest BCUT2D eigenvalue weighted by Gasteiger charge is 2.14. The molecule has 0 saturated heterocycles. The molecule has 1 aliphatic carbocycles. The monoisotopic (exact) mass is 166 g/mol. The Balaban J connectivity index is 0.000001000. The quantitative estimate of drug-likeness (QED) is 0.436. The lowest BCUT2D eigenvalue weighted by Crippen LogP contribution is -2.18. The van der Waals surface area contributed by atoms with E-state index < -0.39 is 0 Å². The molecule has 60 valence electrons. The molecule has 0 spiro atoms. The van der Waals surface area contributed by atoms with Gasteiger partial charge in [-0.1, -0.05) is 6.42 Å². The van der Waals surface area contributed by atoms with Gasteiger partial charge in [0.15, 0.2) is 0 Å². The first-order chi connectivity index (χ1) is 4.79. The zero-order valence-corrected chi connectivity index (χ0v) is 8.55. The van der Waals surface area contributed by atoms with Gasteiger partial charge in [0.05, 0.1) is 0 Å². The molecule has 2 nitrogen and oxygen atoms in total. The Bertz CT molecular complexity index is 119. The summed E-state index contributed by atoms with van der Waals surface area (Å²) in [4.78, 5) is 10.5. The van der Waals surface area contributed by atoms with Crippen molar-refractivity contribution >= 4 is 29.0 Å². The third-order valence-corrected chi connectivity index (χ3v) is 1.88. The zero-order valence-electron chi connectivity index (χ0n) is 7.14. The molecule has 0 bridgehead atoms. The Hall–Kier alpha value is 0.236. The van der Waals surface area contributed by atoms with Gasteiger partial charge in [-0.25, -0.2) is 0 Å². The van der Waals surface area contributed by atoms with E-state index in [1.54, 1.807) is 0 Å². The number of esters is 1. The van der Waals surface area contributed by atoms with Crippen LogP contribution in [0, 0.1) is 0 Å². The van der Waals surface area contributed by atoms with Gasteiger partial charge in [-0.3, -0.25) is 4.79 Å². The van der Waals surface area contributed by atoms with Crippen LogP contribution in [-0.4, -0.2) is 35.1 Å². The minimum absolute atomic E-state index is 0. The molecule has 0 N–H and O–H groups in total. The maximum Gasteiger partial charge on any atom is 0.302 e. The smallest absolute Gasteiger partial charge is 0.302 e. The number of hydrogen-bond donors (Lipinski definition) is 0. The number of rotatable bonds is 1. The fourth-order valence-electron chi connectivity index (χ4n) is 1.42. The average Bonchev–Trinajstić information content (AvgIpc) is 1.88. The van der Waals surface area contributed by atoms with Crippen LogP contribution in [0.15, 0.2) is 0 Å². The summed E-state index contributed by atoms with van der Waals surface area (Å²) in [5.74, 6) is -0.132. The number of carbonyl (C=O) groups is 1. The van der Waals surface area contributed by atoms with E-state index >= 15 is 0 Å². The molecule has 0 aromatic heterocycles. The maximum absolute atomic E-state index is 10.5. The van der Waals surface area contributed by atoms with Gasteiger partial charge in [-0.2, -0.15) is 0 Å². The number of ether oxygens (including phenoxy) is 1. The SMILES string of the molecule is CC(=O)OC1CCCCC1.[Mg]. The fraction of sp³-hybridized carbons (Fsp3) is 0.875.